The van der Waals surface area contributed by atoms with Crippen LogP contribution in [-0.2, 0) is 14.3 Å². The Morgan fingerprint density at radius 3 is 0.963 bits per heavy atom. The highest BCUT2D eigenvalue weighted by molar-refractivity contribution is 5.76. The molecule has 0 saturated heterocycles. The first-order valence-corrected chi connectivity index (χ1v) is 36.2. The van der Waals surface area contributed by atoms with Crippen molar-refractivity contribution < 1.29 is 24.5 Å². The van der Waals surface area contributed by atoms with Crippen LogP contribution >= 0.6 is 0 Å². The fourth-order valence-corrected chi connectivity index (χ4v) is 11.4. The Balaban J connectivity index is 3.42. The minimum atomic E-state index is -0.668. The minimum absolute atomic E-state index is 0.00265. The third-order valence-electron chi connectivity index (χ3n) is 16.9. The van der Waals surface area contributed by atoms with Gasteiger partial charge in [-0.1, -0.05) is 339 Å². The largest absolute Gasteiger partial charge is 0.466 e. The molecule has 0 aliphatic heterocycles. The molecule has 3 N–H and O–H groups in total. The number of allylic oxidation sites excluding steroid dienone is 6. The minimum Gasteiger partial charge on any atom is -0.466 e. The summed E-state index contributed by atoms with van der Waals surface area (Å²) in [6, 6.07) is -0.546. The van der Waals surface area contributed by atoms with E-state index in [1.165, 1.54) is 315 Å². The van der Waals surface area contributed by atoms with E-state index in [-0.39, 0.29) is 18.5 Å². The molecule has 0 heterocycles. The normalized spacial score (nSPS) is 12.7. The number of rotatable bonds is 68. The molecule has 2 unspecified atom stereocenters. The highest BCUT2D eigenvalue weighted by atomic mass is 16.5. The molecule has 472 valence electrons. The van der Waals surface area contributed by atoms with Gasteiger partial charge in [-0.15, -0.1) is 0 Å². The second-order valence-electron chi connectivity index (χ2n) is 24.9. The van der Waals surface area contributed by atoms with Gasteiger partial charge in [-0.2, -0.15) is 0 Å². The van der Waals surface area contributed by atoms with Crippen molar-refractivity contribution >= 4 is 11.9 Å². The molecule has 80 heavy (non-hydrogen) atoms. The van der Waals surface area contributed by atoms with Crippen molar-refractivity contribution in [1.82, 2.24) is 5.32 Å². The van der Waals surface area contributed by atoms with Crippen molar-refractivity contribution in [2.75, 3.05) is 13.2 Å². The lowest BCUT2D eigenvalue weighted by Gasteiger charge is -2.22. The van der Waals surface area contributed by atoms with Gasteiger partial charge in [-0.25, -0.2) is 0 Å². The molecule has 0 aliphatic rings. The summed E-state index contributed by atoms with van der Waals surface area (Å²) in [5.74, 6) is -0.0314. The molecule has 0 fully saturated rings. The molecule has 0 aromatic rings. The van der Waals surface area contributed by atoms with Gasteiger partial charge in [0.2, 0.25) is 5.91 Å². The summed E-state index contributed by atoms with van der Waals surface area (Å²) in [5.41, 5.74) is 0. The number of carbonyl (C=O) groups excluding carboxylic acids is 2. The molecule has 6 heteroatoms. The lowest BCUT2D eigenvalue weighted by molar-refractivity contribution is -0.143. The zero-order valence-corrected chi connectivity index (χ0v) is 54.1. The number of nitrogens with one attached hydrogen (secondary N) is 1. The number of hydrogen-bond acceptors (Lipinski definition) is 5. The second kappa shape index (κ2) is 69.6. The first-order valence-electron chi connectivity index (χ1n) is 36.2. The van der Waals surface area contributed by atoms with E-state index in [2.05, 4.69) is 55.6 Å². The van der Waals surface area contributed by atoms with Crippen LogP contribution < -0.4 is 5.32 Å². The molecule has 0 radical (unpaired) electrons. The molecule has 0 spiro atoms. The van der Waals surface area contributed by atoms with Crippen LogP contribution in [0.1, 0.15) is 399 Å². The van der Waals surface area contributed by atoms with Gasteiger partial charge in [0.05, 0.1) is 25.4 Å². The molecule has 6 nitrogen and oxygen atoms in total. The van der Waals surface area contributed by atoms with Crippen LogP contribution in [0.2, 0.25) is 0 Å². The third kappa shape index (κ3) is 65.2. The van der Waals surface area contributed by atoms with E-state index in [1.807, 2.05) is 0 Å². The van der Waals surface area contributed by atoms with E-state index in [1.54, 1.807) is 0 Å². The van der Waals surface area contributed by atoms with E-state index in [0.29, 0.717) is 25.9 Å². The van der Waals surface area contributed by atoms with Crippen LogP contribution in [0, 0.1) is 0 Å². The molecule has 0 bridgehead atoms. The molecule has 0 saturated carbocycles. The fraction of sp³-hybridized carbons (Fsp3) is 0.892. The number of hydrogen-bond donors (Lipinski definition) is 3. The van der Waals surface area contributed by atoms with E-state index in [4.69, 9.17) is 4.74 Å². The Hall–Kier alpha value is -1.92. The molecule has 0 rings (SSSR count). The highest BCUT2D eigenvalue weighted by Gasteiger charge is 2.20. The lowest BCUT2D eigenvalue weighted by Crippen LogP contribution is -2.45. The molecule has 2 atom stereocenters. The van der Waals surface area contributed by atoms with Gasteiger partial charge >= 0.3 is 5.97 Å². The fourth-order valence-electron chi connectivity index (χ4n) is 11.4. The van der Waals surface area contributed by atoms with Gasteiger partial charge in [0, 0.05) is 12.8 Å². The topological polar surface area (TPSA) is 95.9 Å². The Morgan fingerprint density at radius 1 is 0.350 bits per heavy atom. The van der Waals surface area contributed by atoms with Crippen LogP contribution in [0.4, 0.5) is 0 Å². The molecule has 0 aliphatic carbocycles. The monoisotopic (exact) mass is 1120 g/mol. The highest BCUT2D eigenvalue weighted by Crippen LogP contribution is 2.19. The summed E-state index contributed by atoms with van der Waals surface area (Å²) in [6.07, 6.45) is 89.1. The van der Waals surface area contributed by atoms with Gasteiger partial charge < -0.3 is 20.3 Å². The predicted octanol–water partition coefficient (Wildman–Crippen LogP) is 23.5. The number of ether oxygens (including phenoxy) is 1. The van der Waals surface area contributed by atoms with Crippen molar-refractivity contribution in [3.8, 4) is 0 Å². The second-order valence-corrected chi connectivity index (χ2v) is 24.9. The zero-order valence-electron chi connectivity index (χ0n) is 54.1. The summed E-state index contributed by atoms with van der Waals surface area (Å²) in [6.45, 7) is 4.97. The van der Waals surface area contributed by atoms with Crippen LogP contribution in [0.3, 0.4) is 0 Å². The standard InChI is InChI=1S/C74H141NO5/c1-3-5-7-9-11-13-15-17-19-20-21-22-30-33-36-39-42-46-50-54-58-62-66-72(77)71(70-76)75-73(78)67-63-59-55-51-47-43-40-37-34-31-28-26-24-23-25-27-29-32-35-38-41-45-49-53-57-61-65-69-80-74(79)68-64-60-56-52-48-44-18-16-14-12-10-8-6-4-2/h16,18,23-24,27,29,71-72,76-77H,3-15,17,19-22,25-26,28,30-70H2,1-2H3,(H,75,78)/b18-16-,24-23-,29-27-. The maximum absolute atomic E-state index is 12.6. The van der Waals surface area contributed by atoms with Crippen LogP contribution in [0.5, 0.6) is 0 Å². The Kier molecular flexibility index (Phi) is 67.9. The van der Waals surface area contributed by atoms with Gasteiger partial charge in [-0.05, 0) is 83.5 Å². The van der Waals surface area contributed by atoms with E-state index in [0.717, 1.165) is 51.4 Å². The first kappa shape index (κ1) is 78.1. The van der Waals surface area contributed by atoms with Crippen molar-refractivity contribution in [1.29, 1.82) is 0 Å². The summed E-state index contributed by atoms with van der Waals surface area (Å²) in [4.78, 5) is 24.6. The van der Waals surface area contributed by atoms with Crippen molar-refractivity contribution in [2.45, 2.75) is 411 Å². The van der Waals surface area contributed by atoms with Gasteiger partial charge in [0.25, 0.3) is 0 Å². The number of aliphatic hydroxyl groups is 2. The molecule has 1 amide bonds. The Morgan fingerprint density at radius 2 is 0.625 bits per heavy atom. The maximum atomic E-state index is 12.6. The number of amides is 1. The van der Waals surface area contributed by atoms with Crippen molar-refractivity contribution in [2.24, 2.45) is 0 Å². The first-order chi connectivity index (χ1) is 39.5. The third-order valence-corrected chi connectivity index (χ3v) is 16.9. The van der Waals surface area contributed by atoms with Crippen LogP contribution in [-0.4, -0.2) is 47.4 Å². The van der Waals surface area contributed by atoms with Crippen molar-refractivity contribution in [3.05, 3.63) is 36.5 Å². The van der Waals surface area contributed by atoms with Gasteiger partial charge in [0.1, 0.15) is 0 Å². The summed E-state index contributed by atoms with van der Waals surface area (Å²) in [5, 5.41) is 23.4. The number of aliphatic hydroxyl groups excluding tert-OH is 2. The maximum Gasteiger partial charge on any atom is 0.305 e. The Labute approximate surface area is 500 Å². The summed E-state index contributed by atoms with van der Waals surface area (Å²) < 4.78 is 5.48. The average Bonchev–Trinajstić information content (AvgIpc) is 3.46. The number of carbonyl (C=O) groups is 2. The van der Waals surface area contributed by atoms with E-state index in [9.17, 15) is 19.8 Å². The molecular formula is C74H141NO5. The van der Waals surface area contributed by atoms with Crippen molar-refractivity contribution in [3.63, 3.8) is 0 Å². The molecular weight excluding hydrogens is 983 g/mol. The van der Waals surface area contributed by atoms with Crippen LogP contribution in [0.25, 0.3) is 0 Å². The smallest absolute Gasteiger partial charge is 0.305 e. The summed E-state index contributed by atoms with van der Waals surface area (Å²) >= 11 is 0. The average molecular weight is 1120 g/mol. The molecule has 0 aromatic carbocycles. The zero-order chi connectivity index (χ0) is 57.8. The van der Waals surface area contributed by atoms with E-state index < -0.39 is 12.1 Å². The number of esters is 1. The van der Waals surface area contributed by atoms with Gasteiger partial charge in [0.15, 0.2) is 0 Å². The lowest BCUT2D eigenvalue weighted by atomic mass is 10.0. The summed E-state index contributed by atoms with van der Waals surface area (Å²) in [7, 11) is 0. The number of unbranched alkanes of at least 4 members (excludes halogenated alkanes) is 51. The van der Waals surface area contributed by atoms with Gasteiger partial charge in [-0.3, -0.25) is 9.59 Å². The Bertz CT molecular complexity index is 1300. The van der Waals surface area contributed by atoms with Crippen LogP contribution in [0.15, 0.2) is 36.5 Å². The van der Waals surface area contributed by atoms with E-state index >= 15 is 0 Å². The predicted molar refractivity (Wildman–Crippen MR) is 352 cm³/mol. The quantitative estimate of drug-likeness (QED) is 0.0320. The SMILES string of the molecule is CCCCCCC/C=C\CCCCCCCC(=O)OCCCCCCCCCCC/C=C\C/C=C\CCCCCCCCCCCCCC(=O)NC(CO)C(O)CCCCCCCCCCCCCCCCCCCCCCCC. The molecule has 0 aromatic heterocycles.